The molecule has 0 saturated carbocycles. The molecule has 1 rings (SSSR count). The van der Waals surface area contributed by atoms with Crippen LogP contribution in [0.3, 0.4) is 0 Å². The van der Waals surface area contributed by atoms with Gasteiger partial charge in [-0.05, 0) is 25.0 Å². The Kier molecular flexibility index (Phi) is 2.37. The maximum atomic E-state index is 5.21. The molecule has 0 amide bonds. The lowest BCUT2D eigenvalue weighted by molar-refractivity contribution is 0.175. The fourth-order valence-electron chi connectivity index (χ4n) is 0.791. The molecule has 49 valence electrons. The highest BCUT2D eigenvalue weighted by Crippen LogP contribution is 2.07. The van der Waals surface area contributed by atoms with Gasteiger partial charge in [-0.1, -0.05) is 13.0 Å². The van der Waals surface area contributed by atoms with Crippen molar-refractivity contribution < 1.29 is 4.74 Å². The van der Waals surface area contributed by atoms with Crippen LogP contribution in [0.1, 0.15) is 12.8 Å². The van der Waals surface area contributed by atoms with Gasteiger partial charge in [0.25, 0.3) is 0 Å². The van der Waals surface area contributed by atoms with Gasteiger partial charge in [0.15, 0.2) is 0 Å². The molecule has 0 spiro atoms. The minimum absolute atomic E-state index is 0.271. The topological polar surface area (TPSA) is 9.23 Å². The SMILES string of the molecule is [CH2]CCC1C=CC=CO1. The first-order chi connectivity index (χ1) is 4.43. The van der Waals surface area contributed by atoms with E-state index in [0.29, 0.717) is 0 Å². The largest absolute Gasteiger partial charge is 0.494 e. The number of ether oxygens (including phenoxy) is 1. The molecule has 0 aliphatic carbocycles. The molecule has 1 unspecified atom stereocenters. The summed E-state index contributed by atoms with van der Waals surface area (Å²) in [5.74, 6) is 0. The predicted molar refractivity (Wildman–Crippen MR) is 37.7 cm³/mol. The summed E-state index contributed by atoms with van der Waals surface area (Å²) in [6.07, 6.45) is 9.88. The van der Waals surface area contributed by atoms with E-state index in [9.17, 15) is 0 Å². The van der Waals surface area contributed by atoms with Crippen LogP contribution in [0.2, 0.25) is 0 Å². The highest BCUT2D eigenvalue weighted by atomic mass is 16.5. The van der Waals surface area contributed by atoms with E-state index in [1.807, 2.05) is 18.2 Å². The van der Waals surface area contributed by atoms with E-state index >= 15 is 0 Å². The third-order valence-corrected chi connectivity index (χ3v) is 1.26. The molecule has 1 aliphatic heterocycles. The molecule has 1 radical (unpaired) electrons. The Balaban J connectivity index is 2.28. The van der Waals surface area contributed by atoms with Crippen molar-refractivity contribution >= 4 is 0 Å². The summed E-state index contributed by atoms with van der Waals surface area (Å²) >= 11 is 0. The van der Waals surface area contributed by atoms with E-state index in [-0.39, 0.29) is 6.10 Å². The summed E-state index contributed by atoms with van der Waals surface area (Å²) in [6.45, 7) is 3.74. The van der Waals surface area contributed by atoms with Crippen molar-refractivity contribution in [1.29, 1.82) is 0 Å². The van der Waals surface area contributed by atoms with Crippen LogP contribution >= 0.6 is 0 Å². The van der Waals surface area contributed by atoms with Crippen molar-refractivity contribution in [2.75, 3.05) is 0 Å². The van der Waals surface area contributed by atoms with Crippen molar-refractivity contribution in [2.24, 2.45) is 0 Å². The van der Waals surface area contributed by atoms with Gasteiger partial charge in [0.1, 0.15) is 6.10 Å². The number of allylic oxidation sites excluding steroid dienone is 2. The smallest absolute Gasteiger partial charge is 0.116 e. The standard InChI is InChI=1S/C8H11O/c1-2-5-8-6-3-4-7-9-8/h3-4,6-8H,1-2,5H2. The average molecular weight is 123 g/mol. The van der Waals surface area contributed by atoms with Crippen molar-refractivity contribution in [1.82, 2.24) is 0 Å². The van der Waals surface area contributed by atoms with Crippen LogP contribution in [0.4, 0.5) is 0 Å². The number of rotatable bonds is 2. The quantitative estimate of drug-likeness (QED) is 0.546. The van der Waals surface area contributed by atoms with E-state index in [0.717, 1.165) is 12.8 Å². The summed E-state index contributed by atoms with van der Waals surface area (Å²) in [5.41, 5.74) is 0. The van der Waals surface area contributed by atoms with Crippen LogP contribution < -0.4 is 0 Å². The Morgan fingerprint density at radius 3 is 2.89 bits per heavy atom. The molecule has 0 fully saturated rings. The molecule has 1 heteroatoms. The van der Waals surface area contributed by atoms with Crippen LogP contribution in [0.5, 0.6) is 0 Å². The zero-order valence-electron chi connectivity index (χ0n) is 5.42. The summed E-state index contributed by atoms with van der Waals surface area (Å²) in [7, 11) is 0. The first kappa shape index (κ1) is 6.40. The van der Waals surface area contributed by atoms with Crippen LogP contribution in [0, 0.1) is 6.92 Å². The molecule has 1 nitrogen and oxygen atoms in total. The van der Waals surface area contributed by atoms with E-state index in [1.54, 1.807) is 6.26 Å². The first-order valence-corrected chi connectivity index (χ1v) is 3.21. The fraction of sp³-hybridized carbons (Fsp3) is 0.375. The zero-order chi connectivity index (χ0) is 6.53. The van der Waals surface area contributed by atoms with Gasteiger partial charge >= 0.3 is 0 Å². The summed E-state index contributed by atoms with van der Waals surface area (Å²) in [6, 6.07) is 0. The Morgan fingerprint density at radius 2 is 2.33 bits per heavy atom. The molecule has 1 atom stereocenters. The molecule has 1 aliphatic rings. The third kappa shape index (κ3) is 1.92. The second-order valence-electron chi connectivity index (χ2n) is 2.03. The monoisotopic (exact) mass is 123 g/mol. The molecule has 0 bridgehead atoms. The van der Waals surface area contributed by atoms with Crippen LogP contribution in [-0.2, 0) is 4.74 Å². The summed E-state index contributed by atoms with van der Waals surface area (Å²) < 4.78 is 5.21. The lowest BCUT2D eigenvalue weighted by atomic mass is 10.2. The minimum Gasteiger partial charge on any atom is -0.494 e. The van der Waals surface area contributed by atoms with Crippen LogP contribution in [-0.4, -0.2) is 6.10 Å². The second kappa shape index (κ2) is 3.33. The zero-order valence-corrected chi connectivity index (χ0v) is 5.42. The molecular formula is C8H11O. The number of hydrogen-bond acceptors (Lipinski definition) is 1. The second-order valence-corrected chi connectivity index (χ2v) is 2.03. The van der Waals surface area contributed by atoms with E-state index in [4.69, 9.17) is 4.74 Å². The summed E-state index contributed by atoms with van der Waals surface area (Å²) in [4.78, 5) is 0. The maximum absolute atomic E-state index is 5.21. The first-order valence-electron chi connectivity index (χ1n) is 3.21. The van der Waals surface area contributed by atoms with Gasteiger partial charge in [0, 0.05) is 0 Å². The third-order valence-electron chi connectivity index (χ3n) is 1.26. The molecule has 9 heavy (non-hydrogen) atoms. The van der Waals surface area contributed by atoms with Gasteiger partial charge in [-0.2, -0.15) is 0 Å². The lowest BCUT2D eigenvalue weighted by Gasteiger charge is -2.12. The normalized spacial score (nSPS) is 23.9. The Morgan fingerprint density at radius 1 is 1.44 bits per heavy atom. The van der Waals surface area contributed by atoms with E-state index < -0.39 is 0 Å². The van der Waals surface area contributed by atoms with Gasteiger partial charge in [-0.3, -0.25) is 0 Å². The van der Waals surface area contributed by atoms with Crippen molar-refractivity contribution in [2.45, 2.75) is 18.9 Å². The molecular weight excluding hydrogens is 112 g/mol. The van der Waals surface area contributed by atoms with Gasteiger partial charge in [0.05, 0.1) is 6.26 Å². The Labute approximate surface area is 56.0 Å². The highest BCUT2D eigenvalue weighted by Gasteiger charge is 2.02. The van der Waals surface area contributed by atoms with Gasteiger partial charge in [-0.25, -0.2) is 0 Å². The van der Waals surface area contributed by atoms with Gasteiger partial charge in [-0.15, -0.1) is 0 Å². The van der Waals surface area contributed by atoms with Gasteiger partial charge in [0.2, 0.25) is 0 Å². The molecule has 0 aromatic carbocycles. The molecule has 0 saturated heterocycles. The van der Waals surface area contributed by atoms with E-state index in [2.05, 4.69) is 6.92 Å². The Hall–Kier alpha value is -0.720. The molecule has 1 heterocycles. The minimum atomic E-state index is 0.271. The molecule has 0 N–H and O–H groups in total. The molecule has 0 aromatic rings. The summed E-state index contributed by atoms with van der Waals surface area (Å²) in [5, 5.41) is 0. The van der Waals surface area contributed by atoms with Crippen molar-refractivity contribution in [3.63, 3.8) is 0 Å². The maximum Gasteiger partial charge on any atom is 0.116 e. The van der Waals surface area contributed by atoms with Crippen molar-refractivity contribution in [3.05, 3.63) is 31.4 Å². The van der Waals surface area contributed by atoms with Gasteiger partial charge < -0.3 is 4.74 Å². The highest BCUT2D eigenvalue weighted by molar-refractivity contribution is 5.07. The van der Waals surface area contributed by atoms with Crippen molar-refractivity contribution in [3.8, 4) is 0 Å². The Bertz CT molecular complexity index is 125. The van der Waals surface area contributed by atoms with E-state index in [1.165, 1.54) is 0 Å². The number of hydrogen-bond donors (Lipinski definition) is 0. The van der Waals surface area contributed by atoms with Crippen LogP contribution in [0.25, 0.3) is 0 Å². The predicted octanol–water partition coefficient (Wildman–Crippen LogP) is 2.07. The lowest BCUT2D eigenvalue weighted by Crippen LogP contribution is -2.06. The molecule has 0 aromatic heterocycles. The van der Waals surface area contributed by atoms with Crippen LogP contribution in [0.15, 0.2) is 24.5 Å². The fourth-order valence-corrected chi connectivity index (χ4v) is 0.791. The average Bonchev–Trinajstić information content (AvgIpc) is 1.91.